The van der Waals surface area contributed by atoms with Gasteiger partial charge in [-0.05, 0) is 38.0 Å². The molecule has 0 radical (unpaired) electrons. The van der Waals surface area contributed by atoms with Crippen LogP contribution in [-0.4, -0.2) is 24.3 Å². The fourth-order valence-electron chi connectivity index (χ4n) is 2.48. The Morgan fingerprint density at radius 1 is 1.50 bits per heavy atom. The van der Waals surface area contributed by atoms with Crippen LogP contribution in [0.2, 0.25) is 5.02 Å². The first-order valence-corrected chi connectivity index (χ1v) is 6.15. The van der Waals surface area contributed by atoms with Gasteiger partial charge in [-0.15, -0.1) is 0 Å². The molecule has 1 N–H and O–H groups in total. The molecule has 1 aliphatic heterocycles. The molecule has 1 aromatic carbocycles. The number of aryl methyl sites for hydroxylation is 1. The minimum atomic E-state index is 0.275. The first kappa shape index (κ1) is 11.7. The fourth-order valence-corrected chi connectivity index (χ4v) is 2.65. The van der Waals surface area contributed by atoms with E-state index in [2.05, 4.69) is 24.8 Å². The van der Waals surface area contributed by atoms with Gasteiger partial charge in [-0.3, -0.25) is 0 Å². The van der Waals surface area contributed by atoms with Crippen molar-refractivity contribution in [2.75, 3.05) is 18.1 Å². The molecule has 1 heterocycles. The normalized spacial score (nSPS) is 25.1. The molecule has 16 heavy (non-hydrogen) atoms. The summed E-state index contributed by atoms with van der Waals surface area (Å²) in [6.07, 6.45) is 1.06. The van der Waals surface area contributed by atoms with Gasteiger partial charge in [0.25, 0.3) is 0 Å². The third-order valence-corrected chi connectivity index (χ3v) is 3.86. The Morgan fingerprint density at radius 3 is 2.88 bits per heavy atom. The minimum Gasteiger partial charge on any atom is -0.396 e. The van der Waals surface area contributed by atoms with Crippen LogP contribution < -0.4 is 4.90 Å². The van der Waals surface area contributed by atoms with Crippen molar-refractivity contribution in [2.45, 2.75) is 26.3 Å². The van der Waals surface area contributed by atoms with E-state index in [0.717, 1.165) is 18.0 Å². The van der Waals surface area contributed by atoms with Gasteiger partial charge in [-0.1, -0.05) is 17.7 Å². The average molecular weight is 240 g/mol. The summed E-state index contributed by atoms with van der Waals surface area (Å²) in [4.78, 5) is 2.35. The summed E-state index contributed by atoms with van der Waals surface area (Å²) in [5.41, 5.74) is 2.45. The Balaban J connectivity index is 2.28. The fraction of sp³-hybridized carbons (Fsp3) is 0.538. The molecule has 1 fully saturated rings. The first-order chi connectivity index (χ1) is 7.63. The van der Waals surface area contributed by atoms with Crippen LogP contribution in [0.1, 0.15) is 18.9 Å². The second kappa shape index (κ2) is 4.64. The lowest BCUT2D eigenvalue weighted by Crippen LogP contribution is -2.31. The maximum absolute atomic E-state index is 9.27. The molecule has 2 atom stereocenters. The van der Waals surface area contributed by atoms with E-state index >= 15 is 0 Å². The number of benzene rings is 1. The van der Waals surface area contributed by atoms with Gasteiger partial charge in [-0.25, -0.2) is 0 Å². The van der Waals surface area contributed by atoms with Gasteiger partial charge in [-0.2, -0.15) is 0 Å². The second-order valence-corrected chi connectivity index (χ2v) is 5.03. The number of halogens is 1. The summed E-state index contributed by atoms with van der Waals surface area (Å²) in [7, 11) is 0. The van der Waals surface area contributed by atoms with E-state index in [-0.39, 0.29) is 6.61 Å². The van der Waals surface area contributed by atoms with Crippen LogP contribution in [0.3, 0.4) is 0 Å². The average Bonchev–Trinajstić information content (AvgIpc) is 2.63. The predicted octanol–water partition coefficient (Wildman–Crippen LogP) is 2.86. The zero-order valence-electron chi connectivity index (χ0n) is 9.78. The zero-order valence-corrected chi connectivity index (χ0v) is 10.5. The highest BCUT2D eigenvalue weighted by Gasteiger charge is 2.30. The Kier molecular flexibility index (Phi) is 3.41. The van der Waals surface area contributed by atoms with Gasteiger partial charge in [0, 0.05) is 35.8 Å². The van der Waals surface area contributed by atoms with Gasteiger partial charge >= 0.3 is 0 Å². The number of nitrogens with zero attached hydrogens (tertiary/aromatic N) is 1. The highest BCUT2D eigenvalue weighted by molar-refractivity contribution is 6.30. The van der Waals surface area contributed by atoms with Crippen molar-refractivity contribution >= 4 is 17.3 Å². The van der Waals surface area contributed by atoms with Crippen molar-refractivity contribution in [3.05, 3.63) is 28.8 Å². The number of anilines is 1. The van der Waals surface area contributed by atoms with Crippen LogP contribution in [0.25, 0.3) is 0 Å². The van der Waals surface area contributed by atoms with Crippen molar-refractivity contribution in [1.82, 2.24) is 0 Å². The van der Waals surface area contributed by atoms with E-state index in [1.54, 1.807) is 0 Å². The molecule has 1 aromatic rings. The highest BCUT2D eigenvalue weighted by atomic mass is 35.5. The summed E-state index contributed by atoms with van der Waals surface area (Å²) in [6, 6.07) is 6.39. The molecule has 2 rings (SSSR count). The smallest absolute Gasteiger partial charge is 0.0479 e. The Labute approximate surface area is 102 Å². The van der Waals surface area contributed by atoms with Gasteiger partial charge in [0.15, 0.2) is 0 Å². The Morgan fingerprint density at radius 2 is 2.25 bits per heavy atom. The van der Waals surface area contributed by atoms with Gasteiger partial charge in [0.1, 0.15) is 0 Å². The molecule has 2 unspecified atom stereocenters. The van der Waals surface area contributed by atoms with E-state index in [0.29, 0.717) is 12.0 Å². The summed E-state index contributed by atoms with van der Waals surface area (Å²) in [6.45, 7) is 5.56. The third kappa shape index (κ3) is 2.04. The SMILES string of the molecule is Cc1ccc(Cl)cc1N1CCC(CO)C1C. The number of aliphatic hydroxyl groups excluding tert-OH is 1. The van der Waals surface area contributed by atoms with Crippen molar-refractivity contribution in [3.63, 3.8) is 0 Å². The largest absolute Gasteiger partial charge is 0.396 e. The maximum atomic E-state index is 9.27. The molecular weight excluding hydrogens is 222 g/mol. The van der Waals surface area contributed by atoms with Crippen LogP contribution in [0.4, 0.5) is 5.69 Å². The van der Waals surface area contributed by atoms with E-state index in [1.165, 1.54) is 11.3 Å². The topological polar surface area (TPSA) is 23.5 Å². The third-order valence-electron chi connectivity index (χ3n) is 3.63. The molecule has 88 valence electrons. The molecule has 0 bridgehead atoms. The molecule has 1 aliphatic rings. The van der Waals surface area contributed by atoms with E-state index < -0.39 is 0 Å². The Bertz CT molecular complexity index is 380. The maximum Gasteiger partial charge on any atom is 0.0479 e. The molecule has 0 aromatic heterocycles. The summed E-state index contributed by atoms with van der Waals surface area (Å²) < 4.78 is 0. The molecule has 0 saturated carbocycles. The molecule has 0 aliphatic carbocycles. The van der Waals surface area contributed by atoms with Crippen LogP contribution in [0, 0.1) is 12.8 Å². The number of rotatable bonds is 2. The van der Waals surface area contributed by atoms with Gasteiger partial charge < -0.3 is 10.0 Å². The molecule has 0 spiro atoms. The zero-order chi connectivity index (χ0) is 11.7. The number of hydrogen-bond acceptors (Lipinski definition) is 2. The number of aliphatic hydroxyl groups is 1. The molecule has 2 nitrogen and oxygen atoms in total. The van der Waals surface area contributed by atoms with Crippen molar-refractivity contribution in [1.29, 1.82) is 0 Å². The van der Waals surface area contributed by atoms with E-state index in [9.17, 15) is 5.11 Å². The highest BCUT2D eigenvalue weighted by Crippen LogP contribution is 2.33. The Hall–Kier alpha value is -0.730. The standard InChI is InChI=1S/C13H18ClNO/c1-9-3-4-12(14)7-13(9)15-6-5-11(8-16)10(15)2/h3-4,7,10-11,16H,5-6,8H2,1-2H3. The van der Waals surface area contributed by atoms with Crippen LogP contribution in [0.5, 0.6) is 0 Å². The monoisotopic (exact) mass is 239 g/mol. The van der Waals surface area contributed by atoms with Crippen LogP contribution in [-0.2, 0) is 0 Å². The second-order valence-electron chi connectivity index (χ2n) is 4.60. The van der Waals surface area contributed by atoms with Crippen LogP contribution >= 0.6 is 11.6 Å². The summed E-state index contributed by atoms with van der Waals surface area (Å²) in [5.74, 6) is 0.387. The van der Waals surface area contributed by atoms with Gasteiger partial charge in [0.05, 0.1) is 0 Å². The lowest BCUT2D eigenvalue weighted by atomic mass is 10.0. The lowest BCUT2D eigenvalue weighted by Gasteiger charge is -2.27. The molecule has 1 saturated heterocycles. The summed E-state index contributed by atoms with van der Waals surface area (Å²) >= 11 is 6.04. The number of hydrogen-bond donors (Lipinski definition) is 1. The molecule has 0 amide bonds. The molecule has 3 heteroatoms. The quantitative estimate of drug-likeness (QED) is 0.858. The van der Waals surface area contributed by atoms with Gasteiger partial charge in [0.2, 0.25) is 0 Å². The van der Waals surface area contributed by atoms with E-state index in [4.69, 9.17) is 11.6 Å². The molecular formula is C13H18ClNO. The summed E-state index contributed by atoms with van der Waals surface area (Å²) in [5, 5.41) is 10.1. The van der Waals surface area contributed by atoms with Crippen molar-refractivity contribution in [2.24, 2.45) is 5.92 Å². The lowest BCUT2D eigenvalue weighted by molar-refractivity contribution is 0.221. The van der Waals surface area contributed by atoms with Crippen LogP contribution in [0.15, 0.2) is 18.2 Å². The minimum absolute atomic E-state index is 0.275. The predicted molar refractivity (Wildman–Crippen MR) is 68.2 cm³/mol. The van der Waals surface area contributed by atoms with Crippen molar-refractivity contribution in [3.8, 4) is 0 Å². The van der Waals surface area contributed by atoms with E-state index in [1.807, 2.05) is 12.1 Å². The first-order valence-electron chi connectivity index (χ1n) is 5.77. The van der Waals surface area contributed by atoms with Crippen molar-refractivity contribution < 1.29 is 5.11 Å².